The fraction of sp³-hybridized carbons (Fsp3) is 0.423. The molecule has 0 bridgehead atoms. The van der Waals surface area contributed by atoms with Gasteiger partial charge in [-0.1, -0.05) is 63.1 Å². The van der Waals surface area contributed by atoms with E-state index in [1.54, 1.807) is 6.07 Å². The molecule has 1 fully saturated rings. The summed E-state index contributed by atoms with van der Waals surface area (Å²) in [4.78, 5) is 12.6. The summed E-state index contributed by atoms with van der Waals surface area (Å²) in [6, 6.07) is 15.4. The zero-order chi connectivity index (χ0) is 21.1. The van der Waals surface area contributed by atoms with E-state index in [1.807, 2.05) is 24.3 Å². The molecule has 1 saturated carbocycles. The highest BCUT2D eigenvalue weighted by Crippen LogP contribution is 2.30. The van der Waals surface area contributed by atoms with Crippen LogP contribution < -0.4 is 5.32 Å². The van der Waals surface area contributed by atoms with Gasteiger partial charge in [0.1, 0.15) is 5.82 Å². The first-order valence-electron chi connectivity index (χ1n) is 11.1. The first-order chi connectivity index (χ1) is 14.5. The molecule has 30 heavy (non-hydrogen) atoms. The van der Waals surface area contributed by atoms with Crippen LogP contribution in [-0.2, 0) is 17.8 Å². The zero-order valence-electron chi connectivity index (χ0n) is 17.9. The van der Waals surface area contributed by atoms with E-state index in [2.05, 4.69) is 42.1 Å². The van der Waals surface area contributed by atoms with Crippen molar-refractivity contribution in [3.8, 4) is 0 Å². The number of halogens is 1. The predicted molar refractivity (Wildman–Crippen MR) is 120 cm³/mol. The minimum atomic E-state index is -0.188. The van der Waals surface area contributed by atoms with Crippen LogP contribution in [0.5, 0.6) is 0 Å². The molecule has 3 nitrogen and oxygen atoms in total. The number of benzene rings is 2. The number of nitrogens with one attached hydrogen (secondary N) is 1. The van der Waals surface area contributed by atoms with Gasteiger partial charge in [0.2, 0.25) is 5.91 Å². The number of hydrogen-bond donors (Lipinski definition) is 1. The molecule has 0 spiro atoms. The van der Waals surface area contributed by atoms with Crippen LogP contribution in [0.3, 0.4) is 0 Å². The van der Waals surface area contributed by atoms with Gasteiger partial charge in [-0.05, 0) is 42.4 Å². The topological polar surface area (TPSA) is 34.0 Å². The average molecular weight is 407 g/mol. The summed E-state index contributed by atoms with van der Waals surface area (Å²) in [5.74, 6) is 1.14. The molecule has 1 amide bonds. The second kappa shape index (κ2) is 9.03. The number of fused-ring (bicyclic) bond motifs is 1. The molecule has 3 atom stereocenters. The van der Waals surface area contributed by atoms with Crippen molar-refractivity contribution in [2.75, 3.05) is 0 Å². The Kier molecular flexibility index (Phi) is 6.21. The monoisotopic (exact) mass is 406 g/mol. The quantitative estimate of drug-likeness (QED) is 0.560. The van der Waals surface area contributed by atoms with Gasteiger partial charge >= 0.3 is 0 Å². The Morgan fingerprint density at radius 3 is 2.67 bits per heavy atom. The highest BCUT2D eigenvalue weighted by atomic mass is 19.1. The molecular formula is C26H31FN2O. The number of nitrogens with zero attached hydrogens (tertiary/aromatic N) is 1. The van der Waals surface area contributed by atoms with Crippen LogP contribution in [0.15, 0.2) is 54.7 Å². The van der Waals surface area contributed by atoms with Crippen molar-refractivity contribution in [2.45, 2.75) is 58.5 Å². The van der Waals surface area contributed by atoms with Gasteiger partial charge in [0.15, 0.2) is 0 Å². The number of amides is 1. The third-order valence-electron chi connectivity index (χ3n) is 6.84. The standard InChI is InChI=1S/C26H31FN2O/c1-18-8-7-12-24(19(18)2)28-26(30)15-14-20-16-29(25-13-6-4-10-22(20)25)17-21-9-3-5-11-23(21)27/h3-6,9-11,13,16,18-19,24H,7-8,12,14-15,17H2,1-2H3,(H,28,30)/t18-,19+,24-/m1/s1. The SMILES string of the molecule is C[C@H]1[C@H](C)CCC[C@H]1NC(=O)CCc1cn(Cc2ccccc2F)c2ccccc12. The van der Waals surface area contributed by atoms with Crippen molar-refractivity contribution in [1.29, 1.82) is 0 Å². The van der Waals surface area contributed by atoms with Crippen molar-refractivity contribution >= 4 is 16.8 Å². The lowest BCUT2D eigenvalue weighted by Gasteiger charge is -2.34. The number of carbonyl (C=O) groups is 1. The van der Waals surface area contributed by atoms with Crippen LogP contribution in [0, 0.1) is 17.7 Å². The van der Waals surface area contributed by atoms with Gasteiger partial charge in [0.25, 0.3) is 0 Å². The second-order valence-electron chi connectivity index (χ2n) is 8.83. The van der Waals surface area contributed by atoms with E-state index in [4.69, 9.17) is 0 Å². The molecule has 4 heteroatoms. The minimum Gasteiger partial charge on any atom is -0.353 e. The normalized spacial score (nSPS) is 21.6. The lowest BCUT2D eigenvalue weighted by molar-refractivity contribution is -0.122. The van der Waals surface area contributed by atoms with E-state index in [0.717, 1.165) is 22.9 Å². The van der Waals surface area contributed by atoms with Crippen LogP contribution in [0.2, 0.25) is 0 Å². The Morgan fingerprint density at radius 2 is 1.83 bits per heavy atom. The highest BCUT2D eigenvalue weighted by molar-refractivity contribution is 5.85. The first kappa shape index (κ1) is 20.6. The Labute approximate surface area is 178 Å². The molecule has 0 saturated heterocycles. The molecule has 1 N–H and O–H groups in total. The van der Waals surface area contributed by atoms with E-state index in [-0.39, 0.29) is 11.7 Å². The van der Waals surface area contributed by atoms with E-state index in [0.29, 0.717) is 42.8 Å². The molecule has 2 aromatic carbocycles. The van der Waals surface area contributed by atoms with E-state index < -0.39 is 0 Å². The Balaban J connectivity index is 1.47. The van der Waals surface area contributed by atoms with Crippen LogP contribution in [-0.4, -0.2) is 16.5 Å². The maximum atomic E-state index is 14.2. The predicted octanol–water partition coefficient (Wildman–Crippen LogP) is 5.70. The molecule has 158 valence electrons. The zero-order valence-corrected chi connectivity index (χ0v) is 17.9. The molecule has 1 aliphatic rings. The van der Waals surface area contributed by atoms with Gasteiger partial charge in [-0.25, -0.2) is 4.39 Å². The summed E-state index contributed by atoms with van der Waals surface area (Å²) in [6.07, 6.45) is 6.78. The average Bonchev–Trinajstić information content (AvgIpc) is 3.09. The number of aromatic nitrogens is 1. The molecule has 1 heterocycles. The largest absolute Gasteiger partial charge is 0.353 e. The van der Waals surface area contributed by atoms with Crippen LogP contribution in [0.4, 0.5) is 4.39 Å². The Hall–Kier alpha value is -2.62. The number of carbonyl (C=O) groups excluding carboxylic acids is 1. The van der Waals surface area contributed by atoms with Crippen LogP contribution in [0.25, 0.3) is 10.9 Å². The van der Waals surface area contributed by atoms with Gasteiger partial charge < -0.3 is 9.88 Å². The van der Waals surface area contributed by atoms with Gasteiger partial charge in [-0.3, -0.25) is 4.79 Å². The van der Waals surface area contributed by atoms with Crippen molar-refractivity contribution in [1.82, 2.24) is 9.88 Å². The Morgan fingerprint density at radius 1 is 1.07 bits per heavy atom. The maximum Gasteiger partial charge on any atom is 0.220 e. The number of para-hydroxylation sites is 1. The van der Waals surface area contributed by atoms with Gasteiger partial charge in [-0.15, -0.1) is 0 Å². The van der Waals surface area contributed by atoms with Crippen LogP contribution in [0.1, 0.15) is 50.7 Å². The van der Waals surface area contributed by atoms with Crippen molar-refractivity contribution < 1.29 is 9.18 Å². The number of rotatable bonds is 6. The fourth-order valence-electron chi connectivity index (χ4n) is 4.78. The van der Waals surface area contributed by atoms with E-state index in [1.165, 1.54) is 18.9 Å². The molecule has 0 radical (unpaired) electrons. The summed E-state index contributed by atoms with van der Waals surface area (Å²) in [6.45, 7) is 5.02. The van der Waals surface area contributed by atoms with Crippen LogP contribution >= 0.6 is 0 Å². The van der Waals surface area contributed by atoms with E-state index >= 15 is 0 Å². The summed E-state index contributed by atoms with van der Waals surface area (Å²) in [7, 11) is 0. The van der Waals surface area contributed by atoms with E-state index in [9.17, 15) is 9.18 Å². The van der Waals surface area contributed by atoms with Crippen molar-refractivity contribution in [3.63, 3.8) is 0 Å². The third-order valence-corrected chi connectivity index (χ3v) is 6.84. The summed E-state index contributed by atoms with van der Waals surface area (Å²) < 4.78 is 16.2. The molecule has 4 rings (SSSR count). The molecule has 0 aliphatic heterocycles. The highest BCUT2D eigenvalue weighted by Gasteiger charge is 2.28. The molecule has 1 aliphatic carbocycles. The first-order valence-corrected chi connectivity index (χ1v) is 11.1. The fourth-order valence-corrected chi connectivity index (χ4v) is 4.78. The van der Waals surface area contributed by atoms with Gasteiger partial charge in [0, 0.05) is 35.1 Å². The summed E-state index contributed by atoms with van der Waals surface area (Å²) in [5.41, 5.74) is 2.89. The molecule has 0 unspecified atom stereocenters. The lowest BCUT2D eigenvalue weighted by Crippen LogP contribution is -2.43. The smallest absolute Gasteiger partial charge is 0.220 e. The second-order valence-corrected chi connectivity index (χ2v) is 8.83. The number of hydrogen-bond acceptors (Lipinski definition) is 1. The minimum absolute atomic E-state index is 0.131. The molecule has 3 aromatic rings. The third kappa shape index (κ3) is 4.43. The van der Waals surface area contributed by atoms with Gasteiger partial charge in [-0.2, -0.15) is 0 Å². The summed E-state index contributed by atoms with van der Waals surface area (Å²) in [5, 5.41) is 4.42. The number of aryl methyl sites for hydroxylation is 1. The van der Waals surface area contributed by atoms with Gasteiger partial charge in [0.05, 0.1) is 6.54 Å². The molecular weight excluding hydrogens is 375 g/mol. The molecule has 1 aromatic heterocycles. The maximum absolute atomic E-state index is 14.2. The van der Waals surface area contributed by atoms with Crippen molar-refractivity contribution in [3.05, 3.63) is 71.7 Å². The van der Waals surface area contributed by atoms with Crippen molar-refractivity contribution in [2.24, 2.45) is 11.8 Å². The Bertz CT molecular complexity index is 1020. The summed E-state index contributed by atoms with van der Waals surface area (Å²) >= 11 is 0. The lowest BCUT2D eigenvalue weighted by atomic mass is 9.78.